The molecule has 0 spiro atoms. The zero-order valence-electron chi connectivity index (χ0n) is 15.9. The van der Waals surface area contributed by atoms with E-state index in [0.717, 1.165) is 36.5 Å². The molecule has 1 amide bonds. The number of carbonyl (C=O) groups excluding carboxylic acids is 1. The minimum absolute atomic E-state index is 0.0591. The van der Waals surface area contributed by atoms with Crippen LogP contribution in [-0.2, 0) is 17.6 Å². The van der Waals surface area contributed by atoms with Crippen molar-refractivity contribution in [1.29, 1.82) is 0 Å². The van der Waals surface area contributed by atoms with Crippen molar-refractivity contribution in [1.82, 2.24) is 14.9 Å². The summed E-state index contributed by atoms with van der Waals surface area (Å²) in [6.07, 6.45) is -0.429. The van der Waals surface area contributed by atoms with Crippen LogP contribution in [0.1, 0.15) is 28.7 Å². The average molecular weight is 414 g/mol. The van der Waals surface area contributed by atoms with E-state index in [2.05, 4.69) is 21.8 Å². The molecule has 0 aliphatic carbocycles. The Hall–Kier alpha value is -3.11. The van der Waals surface area contributed by atoms with Gasteiger partial charge in [-0.05, 0) is 25.5 Å². The van der Waals surface area contributed by atoms with Crippen molar-refractivity contribution >= 4 is 17.7 Å². The van der Waals surface area contributed by atoms with Gasteiger partial charge in [0.05, 0.1) is 12.0 Å². The molecule has 3 heterocycles. The molecule has 0 aromatic carbocycles. The summed E-state index contributed by atoms with van der Waals surface area (Å²) in [5, 5.41) is 7.12. The van der Waals surface area contributed by atoms with E-state index in [1.807, 2.05) is 11.9 Å². The quantitative estimate of drug-likeness (QED) is 0.823. The van der Waals surface area contributed by atoms with Gasteiger partial charge in [-0.2, -0.15) is 13.2 Å². The lowest BCUT2D eigenvalue weighted by molar-refractivity contribution is -0.192. The van der Waals surface area contributed by atoms with Crippen LogP contribution in [0.2, 0.25) is 0 Å². The lowest BCUT2D eigenvalue weighted by Crippen LogP contribution is -2.33. The summed E-state index contributed by atoms with van der Waals surface area (Å²) in [5.41, 5.74) is 2.20. The van der Waals surface area contributed by atoms with Crippen LogP contribution in [0.15, 0.2) is 29.1 Å². The molecule has 158 valence electrons. The highest BCUT2D eigenvalue weighted by Crippen LogP contribution is 2.23. The van der Waals surface area contributed by atoms with Gasteiger partial charge >= 0.3 is 12.1 Å². The minimum Gasteiger partial charge on any atom is -0.475 e. The van der Waals surface area contributed by atoms with Crippen LogP contribution in [0.3, 0.4) is 0 Å². The normalized spacial score (nSPS) is 13.6. The van der Waals surface area contributed by atoms with Crippen LogP contribution in [0.4, 0.5) is 19.0 Å². The first-order chi connectivity index (χ1) is 13.6. The molecule has 0 saturated heterocycles. The summed E-state index contributed by atoms with van der Waals surface area (Å²) in [7, 11) is 2.03. The molecule has 0 saturated carbocycles. The third-order valence-electron chi connectivity index (χ3n) is 4.36. The number of halogens is 3. The van der Waals surface area contributed by atoms with Crippen LogP contribution in [0, 0.1) is 0 Å². The summed E-state index contributed by atoms with van der Waals surface area (Å²) in [6.45, 7) is 4.29. The van der Waals surface area contributed by atoms with Crippen LogP contribution in [0.5, 0.6) is 0 Å². The molecule has 2 aromatic rings. The second-order valence-electron chi connectivity index (χ2n) is 6.21. The van der Waals surface area contributed by atoms with Crippen LogP contribution in [0.25, 0.3) is 0 Å². The number of alkyl halides is 3. The third-order valence-corrected chi connectivity index (χ3v) is 4.36. The van der Waals surface area contributed by atoms with Crippen molar-refractivity contribution < 1.29 is 32.3 Å². The van der Waals surface area contributed by atoms with Crippen molar-refractivity contribution in [3.63, 3.8) is 0 Å². The summed E-state index contributed by atoms with van der Waals surface area (Å²) in [6, 6.07) is 3.44. The third kappa shape index (κ3) is 5.69. The highest BCUT2D eigenvalue weighted by Gasteiger charge is 2.38. The molecule has 0 atom stereocenters. The molecule has 1 N–H and O–H groups in total. The molecule has 0 bridgehead atoms. The second kappa shape index (κ2) is 9.39. The highest BCUT2D eigenvalue weighted by atomic mass is 19.4. The number of hydrogen-bond donors (Lipinski definition) is 1. The molecule has 1 aliphatic heterocycles. The molecular formula is C18H21F3N4O4. The van der Waals surface area contributed by atoms with Crippen molar-refractivity contribution in [3.05, 3.63) is 41.7 Å². The number of carboxylic acids is 1. The molecule has 0 fully saturated rings. The number of aliphatic carboxylic acids is 1. The number of furan rings is 1. The van der Waals surface area contributed by atoms with E-state index in [1.165, 1.54) is 6.26 Å². The zero-order chi connectivity index (χ0) is 21.6. The van der Waals surface area contributed by atoms with E-state index >= 15 is 0 Å². The van der Waals surface area contributed by atoms with Gasteiger partial charge in [-0.3, -0.25) is 4.79 Å². The Kier molecular flexibility index (Phi) is 7.18. The predicted molar refractivity (Wildman–Crippen MR) is 96.7 cm³/mol. The number of nitrogens with zero attached hydrogens (tertiary/aromatic N) is 4. The van der Waals surface area contributed by atoms with Gasteiger partial charge < -0.3 is 19.3 Å². The van der Waals surface area contributed by atoms with Gasteiger partial charge in [0.2, 0.25) is 0 Å². The number of anilines is 1. The number of hydrogen-bond acceptors (Lipinski definition) is 6. The second-order valence-corrected chi connectivity index (χ2v) is 6.21. The Morgan fingerprint density at radius 2 is 1.93 bits per heavy atom. The summed E-state index contributed by atoms with van der Waals surface area (Å²) in [5.74, 6) is -1.45. The van der Waals surface area contributed by atoms with E-state index in [1.54, 1.807) is 18.5 Å². The smallest absolute Gasteiger partial charge is 0.475 e. The van der Waals surface area contributed by atoms with Crippen molar-refractivity contribution in [2.24, 2.45) is 0 Å². The SMILES string of the molecule is CCN(C)c1ncnc2c1CCN(C(=O)c1ccco1)CC2.O=C(O)C(F)(F)F. The van der Waals surface area contributed by atoms with Crippen LogP contribution >= 0.6 is 0 Å². The number of rotatable bonds is 3. The summed E-state index contributed by atoms with van der Waals surface area (Å²) >= 11 is 0. The standard InChI is InChI=1S/C16H20N4O2.C2HF3O2/c1-3-19(2)15-12-6-8-20(9-7-13(12)17-11-18-15)16(21)14-5-4-10-22-14;3-2(4,5)1(6)7/h4-5,10-11H,3,6-9H2,1-2H3;(H,6,7). The van der Waals surface area contributed by atoms with Crippen LogP contribution < -0.4 is 4.90 Å². The molecule has 11 heteroatoms. The van der Waals surface area contributed by atoms with E-state index in [-0.39, 0.29) is 5.91 Å². The maximum atomic E-state index is 12.4. The van der Waals surface area contributed by atoms with Gasteiger partial charge in [-0.25, -0.2) is 14.8 Å². The topological polar surface area (TPSA) is 99.8 Å². The molecule has 1 aliphatic rings. The Bertz CT molecular complexity index is 840. The van der Waals surface area contributed by atoms with Gasteiger partial charge in [0, 0.05) is 38.7 Å². The number of aromatic nitrogens is 2. The van der Waals surface area contributed by atoms with E-state index in [4.69, 9.17) is 14.3 Å². The number of carbonyl (C=O) groups is 2. The maximum absolute atomic E-state index is 12.4. The average Bonchev–Trinajstić information content (AvgIpc) is 3.13. The lowest BCUT2D eigenvalue weighted by atomic mass is 10.1. The number of fused-ring (bicyclic) bond motifs is 1. The zero-order valence-corrected chi connectivity index (χ0v) is 15.9. The van der Waals surface area contributed by atoms with Gasteiger partial charge in [0.15, 0.2) is 5.76 Å². The monoisotopic (exact) mass is 414 g/mol. The Morgan fingerprint density at radius 3 is 2.48 bits per heavy atom. The molecule has 29 heavy (non-hydrogen) atoms. The van der Waals surface area contributed by atoms with Gasteiger partial charge in [-0.1, -0.05) is 0 Å². The number of amides is 1. The first kappa shape index (κ1) is 22.2. The first-order valence-corrected chi connectivity index (χ1v) is 8.81. The van der Waals surface area contributed by atoms with Gasteiger partial charge in [0.1, 0.15) is 12.1 Å². The Labute approximate surface area is 165 Å². The van der Waals surface area contributed by atoms with Crippen LogP contribution in [-0.4, -0.2) is 64.7 Å². The van der Waals surface area contributed by atoms with Crippen molar-refractivity contribution in [3.8, 4) is 0 Å². The molecule has 0 radical (unpaired) electrons. The van der Waals surface area contributed by atoms with E-state index in [9.17, 15) is 18.0 Å². The fourth-order valence-electron chi connectivity index (χ4n) is 2.75. The van der Waals surface area contributed by atoms with Gasteiger partial charge in [0.25, 0.3) is 5.91 Å². The molecule has 8 nitrogen and oxygen atoms in total. The highest BCUT2D eigenvalue weighted by molar-refractivity contribution is 5.91. The Balaban J connectivity index is 0.000000370. The summed E-state index contributed by atoms with van der Waals surface area (Å²) in [4.78, 5) is 34.1. The summed E-state index contributed by atoms with van der Waals surface area (Å²) < 4.78 is 37.0. The predicted octanol–water partition coefficient (Wildman–Crippen LogP) is 2.40. The van der Waals surface area contributed by atoms with Crippen molar-refractivity contribution in [2.75, 3.05) is 31.6 Å². The van der Waals surface area contributed by atoms with E-state index < -0.39 is 12.1 Å². The molecule has 0 unspecified atom stereocenters. The fourth-order valence-corrected chi connectivity index (χ4v) is 2.75. The first-order valence-electron chi connectivity index (χ1n) is 8.81. The molecular weight excluding hydrogens is 393 g/mol. The lowest BCUT2D eigenvalue weighted by Gasteiger charge is -2.20. The van der Waals surface area contributed by atoms with Gasteiger partial charge in [-0.15, -0.1) is 0 Å². The largest absolute Gasteiger partial charge is 0.490 e. The maximum Gasteiger partial charge on any atom is 0.490 e. The minimum atomic E-state index is -5.08. The van der Waals surface area contributed by atoms with Crippen molar-refractivity contribution in [2.45, 2.75) is 25.9 Å². The number of carboxylic acid groups (broad SMARTS) is 1. The molecule has 2 aromatic heterocycles. The molecule has 3 rings (SSSR count). The fraction of sp³-hybridized carbons (Fsp3) is 0.444. The Morgan fingerprint density at radius 1 is 1.28 bits per heavy atom. The van der Waals surface area contributed by atoms with E-state index in [0.29, 0.717) is 18.8 Å².